The molecule has 0 aliphatic carbocycles. The summed E-state index contributed by atoms with van der Waals surface area (Å²) in [6.45, 7) is 3.71. The lowest BCUT2D eigenvalue weighted by Gasteiger charge is -2.16. The van der Waals surface area contributed by atoms with Gasteiger partial charge in [-0.25, -0.2) is 4.79 Å². The van der Waals surface area contributed by atoms with Gasteiger partial charge in [0.1, 0.15) is 0 Å². The zero-order valence-corrected chi connectivity index (χ0v) is 15.8. The number of nitrogens with one attached hydrogen (secondary N) is 1. The van der Waals surface area contributed by atoms with Crippen molar-refractivity contribution in [3.05, 3.63) is 83.6 Å². The van der Waals surface area contributed by atoms with Crippen LogP contribution in [0.2, 0.25) is 0 Å². The van der Waals surface area contributed by atoms with Crippen molar-refractivity contribution in [2.24, 2.45) is 0 Å². The maximum Gasteiger partial charge on any atom is 0.340 e. The average molecular weight is 378 g/mol. The average Bonchev–Trinajstić information content (AvgIpc) is 3.05. The Hall–Kier alpha value is -3.38. The number of nitrogens with zero attached hydrogens (tertiary/aromatic N) is 1. The van der Waals surface area contributed by atoms with Crippen molar-refractivity contribution >= 4 is 11.9 Å². The van der Waals surface area contributed by atoms with E-state index >= 15 is 0 Å². The Morgan fingerprint density at radius 3 is 2.29 bits per heavy atom. The van der Waals surface area contributed by atoms with Crippen LogP contribution in [0.15, 0.2) is 66.7 Å². The molecule has 144 valence electrons. The van der Waals surface area contributed by atoms with Crippen molar-refractivity contribution in [3.63, 3.8) is 0 Å². The Morgan fingerprint density at radius 2 is 1.68 bits per heavy atom. The summed E-state index contributed by atoms with van der Waals surface area (Å²) >= 11 is 0. The predicted octanol–water partition coefficient (Wildman–Crippen LogP) is 3.44. The molecule has 0 saturated carbocycles. The normalized spacial score (nSPS) is 11.7. The molecule has 0 radical (unpaired) electrons. The second-order valence-electron chi connectivity index (χ2n) is 6.24. The highest BCUT2D eigenvalue weighted by molar-refractivity contribution is 5.94. The quantitative estimate of drug-likeness (QED) is 0.644. The van der Waals surface area contributed by atoms with E-state index in [2.05, 4.69) is 5.43 Å². The van der Waals surface area contributed by atoms with E-state index in [0.717, 1.165) is 5.56 Å². The van der Waals surface area contributed by atoms with Gasteiger partial charge >= 0.3 is 5.97 Å². The number of hydrogen-bond acceptors (Lipinski definition) is 4. The third kappa shape index (κ3) is 3.97. The van der Waals surface area contributed by atoms with Crippen LogP contribution in [-0.2, 0) is 9.53 Å². The zero-order valence-electron chi connectivity index (χ0n) is 15.8. The molecule has 6 nitrogen and oxygen atoms in total. The van der Waals surface area contributed by atoms with Crippen LogP contribution in [0.5, 0.6) is 0 Å². The van der Waals surface area contributed by atoms with E-state index in [9.17, 15) is 14.7 Å². The molecule has 1 amide bonds. The molecule has 28 heavy (non-hydrogen) atoms. The van der Waals surface area contributed by atoms with E-state index in [-0.39, 0.29) is 6.61 Å². The highest BCUT2D eigenvalue weighted by Gasteiger charge is 2.23. The van der Waals surface area contributed by atoms with Crippen LogP contribution in [0.3, 0.4) is 0 Å². The Labute approximate surface area is 163 Å². The minimum absolute atomic E-state index is 0.253. The zero-order chi connectivity index (χ0) is 20.1. The summed E-state index contributed by atoms with van der Waals surface area (Å²) < 4.78 is 6.63. The summed E-state index contributed by atoms with van der Waals surface area (Å²) in [4.78, 5) is 25.0. The van der Waals surface area contributed by atoms with Crippen molar-refractivity contribution in [2.75, 3.05) is 12.0 Å². The lowest BCUT2D eigenvalue weighted by molar-refractivity contribution is -0.125. The molecule has 0 fully saturated rings. The van der Waals surface area contributed by atoms with Gasteiger partial charge in [0.2, 0.25) is 0 Å². The van der Waals surface area contributed by atoms with Crippen LogP contribution in [-0.4, -0.2) is 28.3 Å². The van der Waals surface area contributed by atoms with Gasteiger partial charge in [0, 0.05) is 5.56 Å². The molecule has 1 atom stereocenters. The summed E-state index contributed by atoms with van der Waals surface area (Å²) in [6, 6.07) is 19.7. The van der Waals surface area contributed by atoms with Crippen LogP contribution >= 0.6 is 0 Å². The Morgan fingerprint density at radius 1 is 1.07 bits per heavy atom. The Balaban J connectivity index is 1.98. The fourth-order valence-electron chi connectivity index (χ4n) is 2.95. The van der Waals surface area contributed by atoms with Gasteiger partial charge in [0.15, 0.2) is 6.10 Å². The number of ether oxygens (including phenoxy) is 1. The molecule has 3 aromatic rings. The van der Waals surface area contributed by atoms with Crippen LogP contribution in [0.1, 0.15) is 34.6 Å². The van der Waals surface area contributed by atoms with Crippen molar-refractivity contribution < 1.29 is 19.4 Å². The van der Waals surface area contributed by atoms with Crippen molar-refractivity contribution in [1.82, 2.24) is 4.68 Å². The maximum absolute atomic E-state index is 12.7. The standard InChI is InChI=1S/C22H22N2O4/c1-3-28-22(27)18-14-19(16-10-6-4-7-11-16)24(15(18)2)23-21(26)20(25)17-12-8-5-9-13-17/h4-14,20,25H,3H2,1-2H3,(H,23,26)/t20-/m0/s1. The monoisotopic (exact) mass is 378 g/mol. The van der Waals surface area contributed by atoms with Gasteiger partial charge in [-0.2, -0.15) is 0 Å². The minimum atomic E-state index is -1.34. The van der Waals surface area contributed by atoms with Crippen molar-refractivity contribution in [2.45, 2.75) is 20.0 Å². The number of amides is 1. The summed E-state index contributed by atoms with van der Waals surface area (Å²) in [6.07, 6.45) is -1.34. The highest BCUT2D eigenvalue weighted by atomic mass is 16.5. The van der Waals surface area contributed by atoms with Gasteiger partial charge in [-0.15, -0.1) is 0 Å². The highest BCUT2D eigenvalue weighted by Crippen LogP contribution is 2.26. The molecule has 0 aliphatic rings. The molecule has 1 aromatic heterocycles. The minimum Gasteiger partial charge on any atom is -0.462 e. The molecule has 2 N–H and O–H groups in total. The maximum atomic E-state index is 12.7. The number of benzene rings is 2. The molecule has 0 aliphatic heterocycles. The number of rotatable bonds is 6. The van der Waals surface area contributed by atoms with Gasteiger partial charge in [0.05, 0.1) is 23.6 Å². The first-order valence-electron chi connectivity index (χ1n) is 9.01. The Bertz CT molecular complexity index is 965. The molecule has 0 spiro atoms. The SMILES string of the molecule is CCOC(=O)c1cc(-c2ccccc2)n(NC(=O)[C@@H](O)c2ccccc2)c1C. The molecule has 2 aromatic carbocycles. The number of aliphatic hydroxyl groups is 1. The molecule has 3 rings (SSSR count). The van der Waals surface area contributed by atoms with Crippen LogP contribution in [0.4, 0.5) is 0 Å². The molecular weight excluding hydrogens is 356 g/mol. The first-order chi connectivity index (χ1) is 13.5. The molecule has 0 unspecified atom stereocenters. The van der Waals surface area contributed by atoms with E-state index in [0.29, 0.717) is 22.5 Å². The number of carbonyl (C=O) groups is 2. The molecule has 0 bridgehead atoms. The lowest BCUT2D eigenvalue weighted by Crippen LogP contribution is -2.29. The lowest BCUT2D eigenvalue weighted by atomic mass is 10.1. The van der Waals surface area contributed by atoms with E-state index in [1.54, 1.807) is 44.2 Å². The Kier molecular flexibility index (Phi) is 5.91. The fourth-order valence-corrected chi connectivity index (χ4v) is 2.95. The second kappa shape index (κ2) is 8.54. The van der Waals surface area contributed by atoms with Crippen LogP contribution in [0.25, 0.3) is 11.3 Å². The predicted molar refractivity (Wildman–Crippen MR) is 106 cm³/mol. The second-order valence-corrected chi connectivity index (χ2v) is 6.24. The smallest absolute Gasteiger partial charge is 0.340 e. The number of aliphatic hydroxyl groups excluding tert-OH is 1. The third-order valence-electron chi connectivity index (χ3n) is 4.40. The summed E-state index contributed by atoms with van der Waals surface area (Å²) in [5, 5.41) is 10.4. The van der Waals surface area contributed by atoms with Crippen LogP contribution < -0.4 is 5.43 Å². The molecule has 6 heteroatoms. The number of aromatic nitrogens is 1. The van der Waals surface area contributed by atoms with Gasteiger partial charge in [-0.05, 0) is 25.5 Å². The first-order valence-corrected chi connectivity index (χ1v) is 9.01. The van der Waals surface area contributed by atoms with E-state index in [4.69, 9.17) is 4.74 Å². The number of esters is 1. The molecule has 1 heterocycles. The van der Waals surface area contributed by atoms with Crippen molar-refractivity contribution in [3.8, 4) is 11.3 Å². The number of carbonyl (C=O) groups excluding carboxylic acids is 2. The summed E-state index contributed by atoms with van der Waals surface area (Å²) in [5.74, 6) is -1.06. The molecule has 0 saturated heterocycles. The largest absolute Gasteiger partial charge is 0.462 e. The van der Waals surface area contributed by atoms with Crippen molar-refractivity contribution in [1.29, 1.82) is 0 Å². The van der Waals surface area contributed by atoms with Crippen LogP contribution in [0, 0.1) is 6.92 Å². The topological polar surface area (TPSA) is 80.6 Å². The van der Waals surface area contributed by atoms with Gasteiger partial charge < -0.3 is 9.84 Å². The van der Waals surface area contributed by atoms with Gasteiger partial charge in [-0.3, -0.25) is 14.9 Å². The number of hydrogen-bond donors (Lipinski definition) is 2. The van der Waals surface area contributed by atoms with E-state index in [1.165, 1.54) is 4.68 Å². The fraction of sp³-hybridized carbons (Fsp3) is 0.182. The van der Waals surface area contributed by atoms with E-state index in [1.807, 2.05) is 36.4 Å². The van der Waals surface area contributed by atoms with E-state index < -0.39 is 18.0 Å². The third-order valence-corrected chi connectivity index (χ3v) is 4.40. The van der Waals surface area contributed by atoms with Gasteiger partial charge in [-0.1, -0.05) is 60.7 Å². The van der Waals surface area contributed by atoms with Gasteiger partial charge in [0.25, 0.3) is 5.91 Å². The summed E-state index contributed by atoms with van der Waals surface area (Å²) in [5.41, 5.74) is 5.51. The molecular formula is C22H22N2O4. The first kappa shape index (κ1) is 19.4. The summed E-state index contributed by atoms with van der Waals surface area (Å²) in [7, 11) is 0.